The second-order valence-corrected chi connectivity index (χ2v) is 4.42. The number of hydrogen-bond donors (Lipinski definition) is 2. The average molecular weight is 198 g/mol. The van der Waals surface area contributed by atoms with E-state index in [0.29, 0.717) is 6.10 Å². The maximum absolute atomic E-state index is 5.53. The van der Waals surface area contributed by atoms with Crippen molar-refractivity contribution < 1.29 is 4.74 Å². The van der Waals surface area contributed by atoms with Gasteiger partial charge in [0, 0.05) is 19.2 Å². The molecule has 82 valence electrons. The van der Waals surface area contributed by atoms with Crippen LogP contribution in [0.15, 0.2) is 0 Å². The fourth-order valence-electron chi connectivity index (χ4n) is 1.88. The Morgan fingerprint density at radius 1 is 1.14 bits per heavy atom. The third kappa shape index (κ3) is 3.95. The van der Waals surface area contributed by atoms with Gasteiger partial charge in [0.05, 0.1) is 6.10 Å². The van der Waals surface area contributed by atoms with Gasteiger partial charge in [-0.05, 0) is 45.2 Å². The van der Waals surface area contributed by atoms with E-state index in [4.69, 9.17) is 4.74 Å². The largest absolute Gasteiger partial charge is 0.377 e. The van der Waals surface area contributed by atoms with Crippen LogP contribution in [0.4, 0.5) is 0 Å². The summed E-state index contributed by atoms with van der Waals surface area (Å²) in [5.41, 5.74) is 0. The lowest BCUT2D eigenvalue weighted by Crippen LogP contribution is -2.29. The Hall–Kier alpha value is -0.120. The van der Waals surface area contributed by atoms with Gasteiger partial charge in [-0.1, -0.05) is 0 Å². The maximum Gasteiger partial charge on any atom is 0.0700 e. The Bertz CT molecular complexity index is 153. The molecule has 14 heavy (non-hydrogen) atoms. The fraction of sp³-hybridized carbons (Fsp3) is 1.00. The third-order valence-corrected chi connectivity index (χ3v) is 2.94. The van der Waals surface area contributed by atoms with Gasteiger partial charge in [-0.25, -0.2) is 0 Å². The Kier molecular flexibility index (Phi) is 4.22. The molecule has 0 aromatic heterocycles. The van der Waals surface area contributed by atoms with Crippen LogP contribution in [0.2, 0.25) is 0 Å². The van der Waals surface area contributed by atoms with Gasteiger partial charge >= 0.3 is 0 Å². The van der Waals surface area contributed by atoms with E-state index in [9.17, 15) is 0 Å². The van der Waals surface area contributed by atoms with E-state index in [1.54, 1.807) is 0 Å². The third-order valence-electron chi connectivity index (χ3n) is 2.94. The van der Waals surface area contributed by atoms with Crippen molar-refractivity contribution in [3.8, 4) is 0 Å². The standard InChI is InChI=1S/C11H22N2O/c1-3-11(14-8-1)9-12-6-2-7-13-10-4-5-10/h10-13H,1-9H2/t11-/m1/s1. The molecule has 1 saturated heterocycles. The summed E-state index contributed by atoms with van der Waals surface area (Å²) < 4.78 is 5.53. The summed E-state index contributed by atoms with van der Waals surface area (Å²) in [6.45, 7) is 4.31. The van der Waals surface area contributed by atoms with E-state index in [0.717, 1.165) is 25.7 Å². The molecule has 0 aromatic rings. The number of rotatable bonds is 7. The molecule has 1 aliphatic carbocycles. The minimum atomic E-state index is 0.492. The van der Waals surface area contributed by atoms with Gasteiger partial charge in [-0.2, -0.15) is 0 Å². The molecule has 0 radical (unpaired) electrons. The molecule has 0 aromatic carbocycles. The van der Waals surface area contributed by atoms with Gasteiger partial charge in [-0.3, -0.25) is 0 Å². The van der Waals surface area contributed by atoms with Crippen molar-refractivity contribution in [2.24, 2.45) is 0 Å². The van der Waals surface area contributed by atoms with Gasteiger partial charge in [0.2, 0.25) is 0 Å². The molecule has 2 rings (SSSR count). The zero-order chi connectivity index (χ0) is 9.64. The molecule has 0 bridgehead atoms. The van der Waals surface area contributed by atoms with Gasteiger partial charge < -0.3 is 15.4 Å². The summed E-state index contributed by atoms with van der Waals surface area (Å²) in [7, 11) is 0. The highest BCUT2D eigenvalue weighted by Crippen LogP contribution is 2.18. The molecule has 1 atom stereocenters. The summed E-state index contributed by atoms with van der Waals surface area (Å²) in [5, 5.41) is 6.97. The summed E-state index contributed by atoms with van der Waals surface area (Å²) in [6.07, 6.45) is 7.00. The van der Waals surface area contributed by atoms with E-state index >= 15 is 0 Å². The monoisotopic (exact) mass is 198 g/mol. The summed E-state index contributed by atoms with van der Waals surface area (Å²) in [5.74, 6) is 0. The van der Waals surface area contributed by atoms with Crippen molar-refractivity contribution in [2.75, 3.05) is 26.2 Å². The topological polar surface area (TPSA) is 33.3 Å². The van der Waals surface area contributed by atoms with Crippen molar-refractivity contribution in [3.63, 3.8) is 0 Å². The molecule has 1 heterocycles. The van der Waals surface area contributed by atoms with Crippen molar-refractivity contribution in [2.45, 2.75) is 44.2 Å². The highest BCUT2D eigenvalue weighted by Gasteiger charge is 2.19. The highest BCUT2D eigenvalue weighted by atomic mass is 16.5. The van der Waals surface area contributed by atoms with E-state index in [1.165, 1.54) is 38.6 Å². The Morgan fingerprint density at radius 3 is 2.79 bits per heavy atom. The lowest BCUT2D eigenvalue weighted by Gasteiger charge is -2.10. The Balaban J connectivity index is 1.35. The molecular formula is C11H22N2O. The van der Waals surface area contributed by atoms with E-state index in [2.05, 4.69) is 10.6 Å². The van der Waals surface area contributed by atoms with Gasteiger partial charge in [-0.15, -0.1) is 0 Å². The molecule has 1 aliphatic heterocycles. The van der Waals surface area contributed by atoms with Gasteiger partial charge in [0.25, 0.3) is 0 Å². The van der Waals surface area contributed by atoms with Crippen molar-refractivity contribution in [3.05, 3.63) is 0 Å². The molecule has 1 saturated carbocycles. The lowest BCUT2D eigenvalue weighted by molar-refractivity contribution is 0.110. The van der Waals surface area contributed by atoms with Crippen molar-refractivity contribution in [1.29, 1.82) is 0 Å². The number of nitrogens with one attached hydrogen (secondary N) is 2. The second-order valence-electron chi connectivity index (χ2n) is 4.42. The SMILES string of the molecule is C(CNC[C@H]1CCCO1)CNC1CC1. The maximum atomic E-state index is 5.53. The van der Waals surface area contributed by atoms with Crippen LogP contribution in [-0.2, 0) is 4.74 Å². The minimum absolute atomic E-state index is 0.492. The first-order chi connectivity index (χ1) is 6.95. The van der Waals surface area contributed by atoms with Crippen LogP contribution in [0.5, 0.6) is 0 Å². The molecule has 0 amide bonds. The Morgan fingerprint density at radius 2 is 2.07 bits per heavy atom. The van der Waals surface area contributed by atoms with Gasteiger partial charge in [0.1, 0.15) is 0 Å². The summed E-state index contributed by atoms with van der Waals surface area (Å²) in [6, 6.07) is 0.855. The van der Waals surface area contributed by atoms with Crippen molar-refractivity contribution >= 4 is 0 Å². The molecule has 3 nitrogen and oxygen atoms in total. The molecule has 0 spiro atoms. The zero-order valence-corrected chi connectivity index (χ0v) is 8.93. The van der Waals surface area contributed by atoms with Crippen LogP contribution in [0.3, 0.4) is 0 Å². The quantitative estimate of drug-likeness (QED) is 0.596. The molecule has 2 fully saturated rings. The molecule has 3 heteroatoms. The lowest BCUT2D eigenvalue weighted by atomic mass is 10.2. The normalized spacial score (nSPS) is 27.0. The molecule has 2 aliphatic rings. The van der Waals surface area contributed by atoms with Crippen LogP contribution < -0.4 is 10.6 Å². The predicted octanol–water partition coefficient (Wildman–Crippen LogP) is 0.897. The minimum Gasteiger partial charge on any atom is -0.377 e. The van der Waals surface area contributed by atoms with Gasteiger partial charge in [0.15, 0.2) is 0 Å². The van der Waals surface area contributed by atoms with E-state index < -0.39 is 0 Å². The average Bonchev–Trinajstić information content (AvgIpc) is 2.87. The van der Waals surface area contributed by atoms with Crippen LogP contribution in [-0.4, -0.2) is 38.4 Å². The fourth-order valence-corrected chi connectivity index (χ4v) is 1.88. The van der Waals surface area contributed by atoms with Crippen molar-refractivity contribution in [1.82, 2.24) is 10.6 Å². The first-order valence-corrected chi connectivity index (χ1v) is 6.01. The predicted molar refractivity (Wildman–Crippen MR) is 57.5 cm³/mol. The molecule has 2 N–H and O–H groups in total. The smallest absolute Gasteiger partial charge is 0.0700 e. The summed E-state index contributed by atoms with van der Waals surface area (Å²) >= 11 is 0. The number of hydrogen-bond acceptors (Lipinski definition) is 3. The molecule has 0 unspecified atom stereocenters. The van der Waals surface area contributed by atoms with E-state index in [1.807, 2.05) is 0 Å². The van der Waals surface area contributed by atoms with E-state index in [-0.39, 0.29) is 0 Å². The van der Waals surface area contributed by atoms with Crippen LogP contribution in [0.1, 0.15) is 32.1 Å². The first kappa shape index (κ1) is 10.4. The zero-order valence-electron chi connectivity index (χ0n) is 8.93. The van der Waals surface area contributed by atoms with Crippen LogP contribution in [0, 0.1) is 0 Å². The first-order valence-electron chi connectivity index (χ1n) is 6.01. The number of ether oxygens (including phenoxy) is 1. The highest BCUT2D eigenvalue weighted by molar-refractivity contribution is 4.80. The van der Waals surface area contributed by atoms with Crippen LogP contribution in [0.25, 0.3) is 0 Å². The Labute approximate surface area is 86.6 Å². The summed E-state index contributed by atoms with van der Waals surface area (Å²) in [4.78, 5) is 0. The van der Waals surface area contributed by atoms with Crippen LogP contribution >= 0.6 is 0 Å². The molecular weight excluding hydrogens is 176 g/mol. The second kappa shape index (κ2) is 5.69.